The van der Waals surface area contributed by atoms with Crippen LogP contribution in [0.5, 0.6) is 0 Å². The number of hydrogen-bond acceptors (Lipinski definition) is 3. The minimum Gasteiger partial charge on any atom is -0.399 e. The number of aromatic nitrogens is 1. The first kappa shape index (κ1) is 15.0. The van der Waals surface area contributed by atoms with Crippen LogP contribution in [0.4, 0.5) is 5.69 Å². The van der Waals surface area contributed by atoms with Crippen LogP contribution < -0.4 is 11.1 Å². The number of carbonyl (C=O) groups is 1. The summed E-state index contributed by atoms with van der Waals surface area (Å²) in [6.45, 7) is 4.87. The van der Waals surface area contributed by atoms with Gasteiger partial charge in [-0.1, -0.05) is 26.0 Å². The van der Waals surface area contributed by atoms with Crippen molar-refractivity contribution >= 4 is 11.6 Å². The molecule has 3 N–H and O–H groups in total. The quantitative estimate of drug-likeness (QED) is 0.829. The van der Waals surface area contributed by atoms with Gasteiger partial charge in [0.1, 0.15) is 0 Å². The second kappa shape index (κ2) is 6.88. The molecule has 4 nitrogen and oxygen atoms in total. The van der Waals surface area contributed by atoms with Crippen molar-refractivity contribution in [2.45, 2.75) is 19.8 Å². The van der Waals surface area contributed by atoms with Crippen molar-refractivity contribution in [2.24, 2.45) is 5.92 Å². The van der Waals surface area contributed by atoms with E-state index in [0.29, 0.717) is 23.7 Å². The van der Waals surface area contributed by atoms with E-state index in [-0.39, 0.29) is 11.8 Å². The van der Waals surface area contributed by atoms with Gasteiger partial charge in [0.05, 0.1) is 0 Å². The van der Waals surface area contributed by atoms with Gasteiger partial charge in [-0.2, -0.15) is 0 Å². The SMILES string of the molecule is CC(C)C(CNC(=O)c1cccc(N)c1)c1cccnc1. The number of pyridine rings is 1. The number of amides is 1. The number of benzene rings is 1. The van der Waals surface area contributed by atoms with E-state index in [9.17, 15) is 4.79 Å². The number of nitrogens with one attached hydrogen (secondary N) is 1. The molecule has 0 spiro atoms. The Morgan fingerprint density at radius 2 is 2.10 bits per heavy atom. The molecule has 1 heterocycles. The predicted molar refractivity (Wildman–Crippen MR) is 85.0 cm³/mol. The number of anilines is 1. The van der Waals surface area contributed by atoms with Gasteiger partial charge in [0, 0.05) is 36.1 Å². The molecule has 1 aromatic carbocycles. The smallest absolute Gasteiger partial charge is 0.251 e. The zero-order chi connectivity index (χ0) is 15.2. The summed E-state index contributed by atoms with van der Waals surface area (Å²) in [5, 5.41) is 2.98. The van der Waals surface area contributed by atoms with Gasteiger partial charge in [0.15, 0.2) is 0 Å². The standard InChI is InChI=1S/C17H21N3O/c1-12(2)16(14-6-4-8-19-10-14)11-20-17(21)13-5-3-7-15(18)9-13/h3-10,12,16H,11,18H2,1-2H3,(H,20,21). The van der Waals surface area contributed by atoms with Crippen LogP contribution in [0, 0.1) is 5.92 Å². The van der Waals surface area contributed by atoms with Crippen molar-refractivity contribution in [3.8, 4) is 0 Å². The fraction of sp³-hybridized carbons (Fsp3) is 0.294. The number of nitrogens with two attached hydrogens (primary N) is 1. The summed E-state index contributed by atoms with van der Waals surface area (Å²) in [6.07, 6.45) is 3.61. The van der Waals surface area contributed by atoms with Crippen LogP contribution in [-0.2, 0) is 0 Å². The van der Waals surface area contributed by atoms with Gasteiger partial charge in [-0.25, -0.2) is 0 Å². The Hall–Kier alpha value is -2.36. The first-order valence-corrected chi connectivity index (χ1v) is 7.11. The van der Waals surface area contributed by atoms with Gasteiger partial charge < -0.3 is 11.1 Å². The van der Waals surface area contributed by atoms with E-state index in [2.05, 4.69) is 24.1 Å². The third-order valence-corrected chi connectivity index (χ3v) is 3.55. The van der Waals surface area contributed by atoms with Crippen molar-refractivity contribution in [1.29, 1.82) is 0 Å². The van der Waals surface area contributed by atoms with Crippen molar-refractivity contribution in [1.82, 2.24) is 10.3 Å². The molecule has 0 saturated heterocycles. The van der Waals surface area contributed by atoms with E-state index in [1.807, 2.05) is 18.3 Å². The normalized spacial score (nSPS) is 12.1. The fourth-order valence-corrected chi connectivity index (χ4v) is 2.32. The first-order valence-electron chi connectivity index (χ1n) is 7.11. The summed E-state index contributed by atoms with van der Waals surface area (Å²) < 4.78 is 0. The lowest BCUT2D eigenvalue weighted by atomic mass is 9.89. The summed E-state index contributed by atoms with van der Waals surface area (Å²) in [6, 6.07) is 11.0. The Morgan fingerprint density at radius 3 is 2.71 bits per heavy atom. The number of carbonyl (C=O) groups excluding carboxylic acids is 1. The monoisotopic (exact) mass is 283 g/mol. The highest BCUT2D eigenvalue weighted by Gasteiger charge is 2.17. The third kappa shape index (κ3) is 4.05. The third-order valence-electron chi connectivity index (χ3n) is 3.55. The van der Waals surface area contributed by atoms with Gasteiger partial charge in [-0.05, 0) is 35.7 Å². The van der Waals surface area contributed by atoms with Crippen LogP contribution in [0.3, 0.4) is 0 Å². The predicted octanol–water partition coefficient (Wildman–Crippen LogP) is 2.83. The molecule has 0 bridgehead atoms. The van der Waals surface area contributed by atoms with Crippen molar-refractivity contribution in [3.05, 3.63) is 59.9 Å². The minimum atomic E-state index is -0.100. The van der Waals surface area contributed by atoms with Crippen molar-refractivity contribution in [3.63, 3.8) is 0 Å². The second-order valence-electron chi connectivity index (χ2n) is 5.47. The van der Waals surface area contributed by atoms with Gasteiger partial charge in [-0.3, -0.25) is 9.78 Å². The Bertz CT molecular complexity index is 596. The van der Waals surface area contributed by atoms with E-state index in [1.54, 1.807) is 30.5 Å². The molecule has 21 heavy (non-hydrogen) atoms. The molecule has 1 atom stereocenters. The molecule has 0 aliphatic heterocycles. The van der Waals surface area contributed by atoms with E-state index in [0.717, 1.165) is 5.56 Å². The zero-order valence-electron chi connectivity index (χ0n) is 12.4. The van der Waals surface area contributed by atoms with Crippen molar-refractivity contribution in [2.75, 3.05) is 12.3 Å². The van der Waals surface area contributed by atoms with Gasteiger partial charge in [-0.15, -0.1) is 0 Å². The van der Waals surface area contributed by atoms with E-state index in [4.69, 9.17) is 5.73 Å². The molecule has 4 heteroatoms. The highest BCUT2D eigenvalue weighted by Crippen LogP contribution is 2.22. The highest BCUT2D eigenvalue weighted by molar-refractivity contribution is 5.95. The molecule has 1 unspecified atom stereocenters. The maximum atomic E-state index is 12.2. The molecule has 1 amide bonds. The van der Waals surface area contributed by atoms with Crippen LogP contribution in [-0.4, -0.2) is 17.4 Å². The summed E-state index contributed by atoms with van der Waals surface area (Å²) in [5.74, 6) is 0.552. The molecule has 2 rings (SSSR count). The summed E-state index contributed by atoms with van der Waals surface area (Å²) >= 11 is 0. The molecule has 2 aromatic rings. The van der Waals surface area contributed by atoms with E-state index < -0.39 is 0 Å². The molecular formula is C17H21N3O. The Labute approximate surface area is 125 Å². The van der Waals surface area contributed by atoms with Gasteiger partial charge >= 0.3 is 0 Å². The molecular weight excluding hydrogens is 262 g/mol. The van der Waals surface area contributed by atoms with E-state index in [1.165, 1.54) is 0 Å². The molecule has 1 aromatic heterocycles. The molecule has 0 aliphatic carbocycles. The Balaban J connectivity index is 2.04. The number of nitrogens with zero attached hydrogens (tertiary/aromatic N) is 1. The van der Waals surface area contributed by atoms with Crippen LogP contribution in [0.2, 0.25) is 0 Å². The maximum absolute atomic E-state index is 12.2. The lowest BCUT2D eigenvalue weighted by molar-refractivity contribution is 0.0949. The largest absolute Gasteiger partial charge is 0.399 e. The molecule has 110 valence electrons. The lowest BCUT2D eigenvalue weighted by Gasteiger charge is -2.21. The molecule has 0 saturated carbocycles. The molecule has 0 aliphatic rings. The number of nitrogen functional groups attached to an aromatic ring is 1. The number of hydrogen-bond donors (Lipinski definition) is 2. The van der Waals surface area contributed by atoms with Crippen LogP contribution >= 0.6 is 0 Å². The van der Waals surface area contributed by atoms with Crippen LogP contribution in [0.15, 0.2) is 48.8 Å². The maximum Gasteiger partial charge on any atom is 0.251 e. The van der Waals surface area contributed by atoms with Gasteiger partial charge in [0.2, 0.25) is 0 Å². The highest BCUT2D eigenvalue weighted by atomic mass is 16.1. The van der Waals surface area contributed by atoms with Crippen LogP contribution in [0.25, 0.3) is 0 Å². The zero-order valence-corrected chi connectivity index (χ0v) is 12.4. The van der Waals surface area contributed by atoms with Gasteiger partial charge in [0.25, 0.3) is 5.91 Å². The summed E-state index contributed by atoms with van der Waals surface area (Å²) in [4.78, 5) is 16.3. The lowest BCUT2D eigenvalue weighted by Crippen LogP contribution is -2.30. The number of rotatable bonds is 5. The first-order chi connectivity index (χ1) is 10.1. The van der Waals surface area contributed by atoms with E-state index >= 15 is 0 Å². The Kier molecular flexibility index (Phi) is 4.93. The summed E-state index contributed by atoms with van der Waals surface area (Å²) in [7, 11) is 0. The average Bonchev–Trinajstić information content (AvgIpc) is 2.48. The topological polar surface area (TPSA) is 68.0 Å². The second-order valence-corrected chi connectivity index (χ2v) is 5.47. The molecule has 0 radical (unpaired) electrons. The average molecular weight is 283 g/mol. The Morgan fingerprint density at radius 1 is 1.29 bits per heavy atom. The fourth-order valence-electron chi connectivity index (χ4n) is 2.32. The van der Waals surface area contributed by atoms with Crippen LogP contribution in [0.1, 0.15) is 35.7 Å². The minimum absolute atomic E-state index is 0.100. The summed E-state index contributed by atoms with van der Waals surface area (Å²) in [5.41, 5.74) is 8.02. The molecule has 0 fully saturated rings. The van der Waals surface area contributed by atoms with Crippen molar-refractivity contribution < 1.29 is 4.79 Å².